The molecular formula is C22H16FNO4S. The third-order valence-electron chi connectivity index (χ3n) is 4.71. The highest BCUT2D eigenvalue weighted by Crippen LogP contribution is 2.44. The molecule has 29 heavy (non-hydrogen) atoms. The van der Waals surface area contributed by atoms with Crippen molar-refractivity contribution < 1.29 is 23.8 Å². The maximum atomic E-state index is 13.9. The highest BCUT2D eigenvalue weighted by Gasteiger charge is 2.47. The number of rotatable bonds is 4. The van der Waals surface area contributed by atoms with Crippen LogP contribution in [-0.2, 0) is 9.59 Å². The predicted octanol–water partition coefficient (Wildman–Crippen LogP) is 4.52. The highest BCUT2D eigenvalue weighted by atomic mass is 32.1. The molecule has 0 radical (unpaired) electrons. The second-order valence-corrected chi connectivity index (χ2v) is 7.34. The van der Waals surface area contributed by atoms with Crippen molar-refractivity contribution in [2.45, 2.75) is 6.04 Å². The van der Waals surface area contributed by atoms with Crippen LogP contribution in [0.25, 0.3) is 5.76 Å². The van der Waals surface area contributed by atoms with Crippen molar-refractivity contribution in [2.75, 3.05) is 12.0 Å². The average Bonchev–Trinajstić information content (AvgIpc) is 3.35. The number of benzene rings is 2. The van der Waals surface area contributed by atoms with Crippen LogP contribution in [0.3, 0.4) is 0 Å². The molecule has 2 heterocycles. The third kappa shape index (κ3) is 3.19. The fourth-order valence-electron chi connectivity index (χ4n) is 3.41. The molecule has 1 fully saturated rings. The van der Waals surface area contributed by atoms with Crippen molar-refractivity contribution >= 4 is 34.5 Å². The predicted molar refractivity (Wildman–Crippen MR) is 108 cm³/mol. The largest absolute Gasteiger partial charge is 0.507 e. The first-order valence-corrected chi connectivity index (χ1v) is 9.64. The molecule has 1 aliphatic heterocycles. The van der Waals surface area contributed by atoms with E-state index in [1.165, 1.54) is 35.5 Å². The van der Waals surface area contributed by atoms with Gasteiger partial charge in [0.2, 0.25) is 0 Å². The van der Waals surface area contributed by atoms with Crippen molar-refractivity contribution in [3.05, 3.63) is 87.9 Å². The van der Waals surface area contributed by atoms with Gasteiger partial charge in [-0.2, -0.15) is 0 Å². The van der Waals surface area contributed by atoms with Crippen LogP contribution >= 0.6 is 11.3 Å². The minimum Gasteiger partial charge on any atom is -0.507 e. The summed E-state index contributed by atoms with van der Waals surface area (Å²) in [7, 11) is 1.38. The minimum absolute atomic E-state index is 0.0140. The zero-order valence-corrected chi connectivity index (χ0v) is 16.2. The Balaban J connectivity index is 1.96. The van der Waals surface area contributed by atoms with Gasteiger partial charge >= 0.3 is 0 Å². The smallest absolute Gasteiger partial charge is 0.300 e. The Kier molecular flexibility index (Phi) is 4.90. The molecule has 4 rings (SSSR count). The van der Waals surface area contributed by atoms with E-state index in [4.69, 9.17) is 4.74 Å². The van der Waals surface area contributed by atoms with Crippen molar-refractivity contribution in [1.82, 2.24) is 0 Å². The molecule has 5 nitrogen and oxygen atoms in total. The second kappa shape index (κ2) is 7.52. The molecule has 0 spiro atoms. The van der Waals surface area contributed by atoms with Gasteiger partial charge in [0.15, 0.2) is 0 Å². The number of nitrogens with zero attached hydrogens (tertiary/aromatic N) is 1. The molecule has 1 amide bonds. The maximum Gasteiger partial charge on any atom is 0.300 e. The lowest BCUT2D eigenvalue weighted by atomic mass is 9.99. The summed E-state index contributed by atoms with van der Waals surface area (Å²) in [6, 6.07) is 15.1. The number of carbonyl (C=O) groups is 2. The molecular weight excluding hydrogens is 393 g/mol. The summed E-state index contributed by atoms with van der Waals surface area (Å²) in [6.07, 6.45) is 0. The molecule has 1 saturated heterocycles. The molecule has 0 saturated carbocycles. The SMILES string of the molecule is COc1ccc(F)cc1/C(O)=C1/C(=O)C(=O)N(c2ccccc2)C1c1cccs1. The van der Waals surface area contributed by atoms with Gasteiger partial charge in [0.25, 0.3) is 11.7 Å². The average molecular weight is 409 g/mol. The van der Waals surface area contributed by atoms with E-state index in [2.05, 4.69) is 0 Å². The van der Waals surface area contributed by atoms with Gasteiger partial charge in [0.05, 0.1) is 18.2 Å². The zero-order valence-electron chi connectivity index (χ0n) is 15.3. The Bertz CT molecular complexity index is 1110. The number of para-hydroxylation sites is 1. The highest BCUT2D eigenvalue weighted by molar-refractivity contribution is 7.10. The van der Waals surface area contributed by atoms with Crippen LogP contribution in [0.4, 0.5) is 10.1 Å². The molecule has 146 valence electrons. The number of hydrogen-bond acceptors (Lipinski definition) is 5. The number of anilines is 1. The number of aliphatic hydroxyl groups is 1. The Morgan fingerprint density at radius 2 is 1.86 bits per heavy atom. The minimum atomic E-state index is -0.837. The van der Waals surface area contributed by atoms with Crippen molar-refractivity contribution in [3.8, 4) is 5.75 Å². The molecule has 0 aliphatic carbocycles. The normalized spacial score (nSPS) is 18.3. The first kappa shape index (κ1) is 18.9. The molecule has 3 aromatic rings. The number of aliphatic hydroxyl groups excluding tert-OH is 1. The fourth-order valence-corrected chi connectivity index (χ4v) is 4.24. The molecule has 1 unspecified atom stereocenters. The van der Waals surface area contributed by atoms with Crippen LogP contribution in [0.15, 0.2) is 71.6 Å². The van der Waals surface area contributed by atoms with Gasteiger partial charge in [-0.15, -0.1) is 11.3 Å². The summed E-state index contributed by atoms with van der Waals surface area (Å²) in [4.78, 5) is 27.9. The molecule has 1 aliphatic rings. The van der Waals surface area contributed by atoms with Crippen LogP contribution in [0.2, 0.25) is 0 Å². The number of methoxy groups -OCH3 is 1. The first-order valence-electron chi connectivity index (χ1n) is 8.76. The summed E-state index contributed by atoms with van der Waals surface area (Å²) in [5.74, 6) is -2.48. The number of amides is 1. The third-order valence-corrected chi connectivity index (χ3v) is 5.63. The van der Waals surface area contributed by atoms with Crippen LogP contribution < -0.4 is 9.64 Å². The number of thiophene rings is 1. The summed E-state index contributed by atoms with van der Waals surface area (Å²) < 4.78 is 19.1. The number of ketones is 1. The van der Waals surface area contributed by atoms with Gasteiger partial charge in [-0.05, 0) is 41.8 Å². The van der Waals surface area contributed by atoms with Gasteiger partial charge < -0.3 is 9.84 Å². The Morgan fingerprint density at radius 3 is 2.52 bits per heavy atom. The number of ether oxygens (including phenoxy) is 1. The van der Waals surface area contributed by atoms with E-state index in [1.54, 1.807) is 42.5 Å². The van der Waals surface area contributed by atoms with E-state index in [1.807, 2.05) is 5.38 Å². The van der Waals surface area contributed by atoms with E-state index in [0.717, 1.165) is 6.07 Å². The van der Waals surface area contributed by atoms with Crippen LogP contribution in [0.5, 0.6) is 5.75 Å². The van der Waals surface area contributed by atoms with Crippen LogP contribution in [0, 0.1) is 5.82 Å². The van der Waals surface area contributed by atoms with E-state index in [-0.39, 0.29) is 16.9 Å². The molecule has 1 N–H and O–H groups in total. The van der Waals surface area contributed by atoms with Gasteiger partial charge in [0, 0.05) is 10.6 Å². The lowest BCUT2D eigenvalue weighted by molar-refractivity contribution is -0.132. The monoisotopic (exact) mass is 409 g/mol. The van der Waals surface area contributed by atoms with Crippen molar-refractivity contribution in [1.29, 1.82) is 0 Å². The van der Waals surface area contributed by atoms with Gasteiger partial charge in [-0.25, -0.2) is 4.39 Å². The maximum absolute atomic E-state index is 13.9. The Morgan fingerprint density at radius 1 is 1.10 bits per heavy atom. The second-order valence-electron chi connectivity index (χ2n) is 6.36. The van der Waals surface area contributed by atoms with E-state index in [9.17, 15) is 19.1 Å². The zero-order chi connectivity index (χ0) is 20.5. The Labute approximate surface area is 170 Å². The first-order chi connectivity index (χ1) is 14.0. The number of halogens is 1. The van der Waals surface area contributed by atoms with Crippen molar-refractivity contribution in [2.24, 2.45) is 0 Å². The fraction of sp³-hybridized carbons (Fsp3) is 0.0909. The summed E-state index contributed by atoms with van der Waals surface area (Å²) in [6.45, 7) is 0. The molecule has 2 aromatic carbocycles. The Hall–Kier alpha value is -3.45. The summed E-state index contributed by atoms with van der Waals surface area (Å²) in [5, 5.41) is 12.8. The lowest BCUT2D eigenvalue weighted by Crippen LogP contribution is -2.29. The van der Waals surface area contributed by atoms with Gasteiger partial charge in [-0.3, -0.25) is 14.5 Å². The van der Waals surface area contributed by atoms with Gasteiger partial charge in [-0.1, -0.05) is 24.3 Å². The topological polar surface area (TPSA) is 66.8 Å². The molecule has 7 heteroatoms. The van der Waals surface area contributed by atoms with Gasteiger partial charge in [0.1, 0.15) is 23.4 Å². The van der Waals surface area contributed by atoms with Crippen molar-refractivity contribution in [3.63, 3.8) is 0 Å². The molecule has 1 aromatic heterocycles. The van der Waals surface area contributed by atoms with E-state index in [0.29, 0.717) is 10.6 Å². The number of carbonyl (C=O) groups excluding carboxylic acids is 2. The van der Waals surface area contributed by atoms with E-state index < -0.39 is 29.3 Å². The van der Waals surface area contributed by atoms with Crippen LogP contribution in [-0.4, -0.2) is 23.9 Å². The summed E-state index contributed by atoms with van der Waals surface area (Å²) >= 11 is 1.36. The number of Topliss-reactive ketones (excluding diaryl/α,β-unsaturated/α-hetero) is 1. The van der Waals surface area contributed by atoms with Crippen LogP contribution in [0.1, 0.15) is 16.5 Å². The number of hydrogen-bond donors (Lipinski definition) is 1. The summed E-state index contributed by atoms with van der Waals surface area (Å²) in [5.41, 5.74) is 0.434. The molecule has 0 bridgehead atoms. The molecule has 1 atom stereocenters. The standard InChI is InChI=1S/C22H16FNO4S/c1-28-16-10-9-13(23)12-15(16)20(25)18-19(17-8-5-11-29-17)24(22(27)21(18)26)14-6-3-2-4-7-14/h2-12,19,25H,1H3/b20-18-. The van der Waals surface area contributed by atoms with E-state index >= 15 is 0 Å². The lowest BCUT2D eigenvalue weighted by Gasteiger charge is -2.24. The quantitative estimate of drug-likeness (QED) is 0.391.